The molecule has 0 saturated carbocycles. The number of hydrogen-bond donors (Lipinski definition) is 1. The zero-order chi connectivity index (χ0) is 17.7. The Morgan fingerprint density at radius 2 is 1.85 bits per heavy atom. The van der Waals surface area contributed by atoms with E-state index in [9.17, 15) is 9.59 Å². The van der Waals surface area contributed by atoms with Gasteiger partial charge in [0, 0.05) is 24.2 Å². The van der Waals surface area contributed by atoms with Crippen LogP contribution >= 0.6 is 11.7 Å². The summed E-state index contributed by atoms with van der Waals surface area (Å²) >= 11 is 1.14. The Morgan fingerprint density at radius 1 is 1.04 bits per heavy atom. The Bertz CT molecular complexity index is 1040. The molecule has 3 heterocycles. The van der Waals surface area contributed by atoms with Crippen LogP contribution in [-0.4, -0.2) is 27.1 Å². The summed E-state index contributed by atoms with van der Waals surface area (Å²) in [6.07, 6.45) is 3.17. The minimum absolute atomic E-state index is 0.161. The maximum absolute atomic E-state index is 12.7. The molecule has 0 atom stereocenters. The summed E-state index contributed by atoms with van der Waals surface area (Å²) in [7, 11) is 0. The normalized spacial score (nSPS) is 15.8. The highest BCUT2D eigenvalue weighted by atomic mass is 32.1. The van der Waals surface area contributed by atoms with Gasteiger partial charge in [-0.15, -0.1) is 0 Å². The van der Waals surface area contributed by atoms with Crippen molar-refractivity contribution in [2.75, 3.05) is 16.8 Å². The topological polar surface area (TPSA) is 75.2 Å². The molecule has 1 aromatic heterocycles. The summed E-state index contributed by atoms with van der Waals surface area (Å²) in [6, 6.07) is 9.35. The smallest absolute Gasteiger partial charge is 0.255 e. The summed E-state index contributed by atoms with van der Waals surface area (Å²) in [6.45, 7) is 0.798. The third kappa shape index (κ3) is 2.47. The maximum Gasteiger partial charge on any atom is 0.255 e. The van der Waals surface area contributed by atoms with Crippen LogP contribution in [0.15, 0.2) is 30.3 Å². The average molecular weight is 364 g/mol. The summed E-state index contributed by atoms with van der Waals surface area (Å²) in [5.74, 6) is 0.0482. The van der Waals surface area contributed by atoms with Crippen molar-refractivity contribution in [1.82, 2.24) is 8.75 Å². The molecular formula is C19H16N4O2S. The Balaban J connectivity index is 1.47. The van der Waals surface area contributed by atoms with Crippen molar-refractivity contribution in [1.29, 1.82) is 0 Å². The summed E-state index contributed by atoms with van der Waals surface area (Å²) < 4.78 is 8.35. The van der Waals surface area contributed by atoms with Crippen LogP contribution in [0.4, 0.5) is 11.4 Å². The average Bonchev–Trinajstić information content (AvgIpc) is 3.12. The van der Waals surface area contributed by atoms with Gasteiger partial charge in [-0.3, -0.25) is 9.59 Å². The molecule has 0 fully saturated rings. The van der Waals surface area contributed by atoms with E-state index < -0.39 is 0 Å². The molecule has 26 heavy (non-hydrogen) atoms. The van der Waals surface area contributed by atoms with E-state index in [-0.39, 0.29) is 11.8 Å². The first kappa shape index (κ1) is 15.5. The van der Waals surface area contributed by atoms with Gasteiger partial charge in [0.15, 0.2) is 0 Å². The van der Waals surface area contributed by atoms with Gasteiger partial charge in [0.2, 0.25) is 5.91 Å². The van der Waals surface area contributed by atoms with E-state index in [0.29, 0.717) is 12.0 Å². The van der Waals surface area contributed by atoms with E-state index in [1.165, 1.54) is 0 Å². The van der Waals surface area contributed by atoms with E-state index in [4.69, 9.17) is 0 Å². The fourth-order valence-electron chi connectivity index (χ4n) is 3.85. The van der Waals surface area contributed by atoms with Crippen LogP contribution in [-0.2, 0) is 17.6 Å². The van der Waals surface area contributed by atoms with Crippen molar-refractivity contribution in [3.8, 4) is 0 Å². The minimum atomic E-state index is -0.161. The highest BCUT2D eigenvalue weighted by Gasteiger charge is 2.29. The van der Waals surface area contributed by atoms with Crippen LogP contribution in [0.3, 0.4) is 0 Å². The van der Waals surface area contributed by atoms with Crippen LogP contribution in [0.1, 0.15) is 34.3 Å². The number of aromatic nitrogens is 2. The number of anilines is 2. The van der Waals surface area contributed by atoms with Gasteiger partial charge in [-0.05, 0) is 60.7 Å². The molecular weight excluding hydrogens is 348 g/mol. The largest absolute Gasteiger partial charge is 0.322 e. The Morgan fingerprint density at radius 3 is 2.73 bits per heavy atom. The lowest BCUT2D eigenvalue weighted by atomic mass is 9.91. The first-order valence-electron chi connectivity index (χ1n) is 8.69. The maximum atomic E-state index is 12.7. The second kappa shape index (κ2) is 5.88. The lowest BCUT2D eigenvalue weighted by Crippen LogP contribution is -2.39. The van der Waals surface area contributed by atoms with Gasteiger partial charge in [-0.25, -0.2) is 0 Å². The lowest BCUT2D eigenvalue weighted by Gasteiger charge is -2.35. The lowest BCUT2D eigenvalue weighted by molar-refractivity contribution is -0.119. The third-order valence-electron chi connectivity index (χ3n) is 5.05. The SMILES string of the molecule is O=C(Nc1cc2c3c(c1)CCC(=O)N3CCC2)c1ccc2nsnc2c1. The van der Waals surface area contributed by atoms with Crippen molar-refractivity contribution in [3.63, 3.8) is 0 Å². The summed E-state index contributed by atoms with van der Waals surface area (Å²) in [5.41, 5.74) is 6.25. The van der Waals surface area contributed by atoms with E-state index in [1.807, 2.05) is 23.1 Å². The van der Waals surface area contributed by atoms with Crippen molar-refractivity contribution < 1.29 is 9.59 Å². The van der Waals surface area contributed by atoms with Crippen LogP contribution < -0.4 is 10.2 Å². The van der Waals surface area contributed by atoms with E-state index in [1.54, 1.807) is 12.1 Å². The molecule has 0 saturated heterocycles. The number of fused-ring (bicyclic) bond motifs is 1. The van der Waals surface area contributed by atoms with E-state index >= 15 is 0 Å². The first-order valence-corrected chi connectivity index (χ1v) is 9.42. The number of aryl methyl sites for hydroxylation is 2. The van der Waals surface area contributed by atoms with Crippen LogP contribution in [0.2, 0.25) is 0 Å². The van der Waals surface area contributed by atoms with Crippen molar-refractivity contribution >= 4 is 46.0 Å². The fraction of sp³-hybridized carbons (Fsp3) is 0.263. The van der Waals surface area contributed by atoms with E-state index in [0.717, 1.165) is 71.1 Å². The Kier molecular flexibility index (Phi) is 3.49. The Hall–Kier alpha value is -2.80. The van der Waals surface area contributed by atoms with Gasteiger partial charge in [0.1, 0.15) is 11.0 Å². The molecule has 0 spiro atoms. The van der Waals surface area contributed by atoms with Gasteiger partial charge >= 0.3 is 0 Å². The molecule has 2 amide bonds. The number of hydrogen-bond acceptors (Lipinski definition) is 5. The predicted octanol–water partition coefficient (Wildman–Crippen LogP) is 3.17. The monoisotopic (exact) mass is 364 g/mol. The second-order valence-electron chi connectivity index (χ2n) is 6.71. The van der Waals surface area contributed by atoms with Crippen LogP contribution in [0, 0.1) is 0 Å². The van der Waals surface area contributed by atoms with Gasteiger partial charge in [-0.2, -0.15) is 8.75 Å². The molecule has 2 aliphatic rings. The predicted molar refractivity (Wildman–Crippen MR) is 101 cm³/mol. The number of nitrogens with zero attached hydrogens (tertiary/aromatic N) is 3. The molecule has 2 aliphatic heterocycles. The molecule has 0 unspecified atom stereocenters. The number of amides is 2. The zero-order valence-corrected chi connectivity index (χ0v) is 14.8. The van der Waals surface area contributed by atoms with Crippen molar-refractivity contribution in [2.45, 2.75) is 25.7 Å². The van der Waals surface area contributed by atoms with Gasteiger partial charge in [-0.1, -0.05) is 0 Å². The number of nitrogens with one attached hydrogen (secondary N) is 1. The molecule has 7 heteroatoms. The standard InChI is InChI=1S/C19H16N4O2S/c24-17-6-4-12-9-14(8-11-2-1-7-23(17)18(11)12)20-19(25)13-3-5-15-16(10-13)22-26-21-15/h3,5,8-10H,1-2,4,6-7H2,(H,20,25). The molecule has 5 rings (SSSR count). The quantitative estimate of drug-likeness (QED) is 0.758. The Labute approximate surface area is 154 Å². The zero-order valence-electron chi connectivity index (χ0n) is 14.0. The first-order chi connectivity index (χ1) is 12.7. The van der Waals surface area contributed by atoms with Crippen LogP contribution in [0.25, 0.3) is 11.0 Å². The molecule has 6 nitrogen and oxygen atoms in total. The number of benzene rings is 2. The fourth-order valence-corrected chi connectivity index (χ4v) is 4.37. The molecule has 3 aromatic rings. The molecule has 1 N–H and O–H groups in total. The highest BCUT2D eigenvalue weighted by molar-refractivity contribution is 7.00. The summed E-state index contributed by atoms with van der Waals surface area (Å²) in [4.78, 5) is 26.7. The van der Waals surface area contributed by atoms with Gasteiger partial charge < -0.3 is 10.2 Å². The molecule has 0 bridgehead atoms. The molecule has 130 valence electrons. The van der Waals surface area contributed by atoms with Crippen molar-refractivity contribution in [2.24, 2.45) is 0 Å². The molecule has 0 aliphatic carbocycles. The minimum Gasteiger partial charge on any atom is -0.322 e. The molecule has 0 radical (unpaired) electrons. The van der Waals surface area contributed by atoms with Gasteiger partial charge in [0.05, 0.1) is 17.4 Å². The molecule has 2 aromatic carbocycles. The van der Waals surface area contributed by atoms with E-state index in [2.05, 4.69) is 14.1 Å². The summed E-state index contributed by atoms with van der Waals surface area (Å²) in [5, 5.41) is 3.00. The highest BCUT2D eigenvalue weighted by Crippen LogP contribution is 2.38. The van der Waals surface area contributed by atoms with Crippen molar-refractivity contribution in [3.05, 3.63) is 47.0 Å². The second-order valence-corrected chi connectivity index (χ2v) is 7.24. The number of carbonyl (C=O) groups excluding carboxylic acids is 2. The van der Waals surface area contributed by atoms with Gasteiger partial charge in [0.25, 0.3) is 5.91 Å². The number of carbonyl (C=O) groups is 2. The van der Waals surface area contributed by atoms with Crippen LogP contribution in [0.5, 0.6) is 0 Å². The number of rotatable bonds is 2. The third-order valence-corrected chi connectivity index (χ3v) is 5.61.